The molecule has 2 aliphatic rings. The number of hydrogen-bond donors (Lipinski definition) is 2. The Bertz CT molecular complexity index is 422. The number of likely N-dealkylation sites (tertiary alicyclic amines) is 1. The maximum absolute atomic E-state index is 12.1. The molecule has 1 saturated heterocycles. The number of imide groups is 1. The molecule has 3 atom stereocenters. The topological polar surface area (TPSA) is 92.5 Å². The Labute approximate surface area is 106 Å². The summed E-state index contributed by atoms with van der Waals surface area (Å²) >= 11 is 0. The highest BCUT2D eigenvalue weighted by atomic mass is 16.2. The fourth-order valence-electron chi connectivity index (χ4n) is 2.76. The summed E-state index contributed by atoms with van der Waals surface area (Å²) < 4.78 is 0. The van der Waals surface area contributed by atoms with Crippen molar-refractivity contribution in [3.05, 3.63) is 0 Å². The minimum absolute atomic E-state index is 0.000417. The second-order valence-corrected chi connectivity index (χ2v) is 5.99. The molecule has 1 aliphatic heterocycles. The number of carbonyl (C=O) groups excluding carboxylic acids is 3. The van der Waals surface area contributed by atoms with Crippen LogP contribution in [0.4, 0.5) is 0 Å². The average Bonchev–Trinajstić information content (AvgIpc) is 2.76. The second kappa shape index (κ2) is 3.54. The van der Waals surface area contributed by atoms with E-state index in [-0.39, 0.29) is 35.6 Å². The maximum atomic E-state index is 12.1. The van der Waals surface area contributed by atoms with Crippen LogP contribution in [0.25, 0.3) is 0 Å². The Kier molecular flexibility index (Phi) is 2.56. The lowest BCUT2D eigenvalue weighted by Crippen LogP contribution is -2.59. The van der Waals surface area contributed by atoms with E-state index in [0.29, 0.717) is 0 Å². The quantitative estimate of drug-likeness (QED) is 0.634. The van der Waals surface area contributed by atoms with Gasteiger partial charge in [-0.2, -0.15) is 0 Å². The summed E-state index contributed by atoms with van der Waals surface area (Å²) in [6, 6.07) is 0. The lowest BCUT2D eigenvalue weighted by atomic mass is 9.99. The summed E-state index contributed by atoms with van der Waals surface area (Å²) in [6.07, 6.45) is 0. The van der Waals surface area contributed by atoms with E-state index in [1.54, 1.807) is 14.0 Å². The molecule has 0 aromatic heterocycles. The number of nitrogens with zero attached hydrogens (tertiary/aromatic N) is 1. The van der Waals surface area contributed by atoms with Crippen LogP contribution in [0.5, 0.6) is 0 Å². The average molecular weight is 253 g/mol. The minimum Gasteiger partial charge on any atom is -0.368 e. The van der Waals surface area contributed by atoms with E-state index in [1.807, 2.05) is 13.8 Å². The minimum atomic E-state index is -1.08. The van der Waals surface area contributed by atoms with Crippen molar-refractivity contribution in [2.24, 2.45) is 23.0 Å². The summed E-state index contributed by atoms with van der Waals surface area (Å²) in [5.74, 6) is -1.39. The highest BCUT2D eigenvalue weighted by Crippen LogP contribution is 2.63. The van der Waals surface area contributed by atoms with Gasteiger partial charge >= 0.3 is 0 Å². The molecule has 1 heterocycles. The van der Waals surface area contributed by atoms with Crippen LogP contribution in [0.1, 0.15) is 20.8 Å². The summed E-state index contributed by atoms with van der Waals surface area (Å²) in [5.41, 5.74) is 3.99. The molecule has 0 bridgehead atoms. The Balaban J connectivity index is 2.17. The number of nitrogens with two attached hydrogens (primary N) is 1. The number of piperidine rings is 1. The van der Waals surface area contributed by atoms with Crippen molar-refractivity contribution < 1.29 is 14.4 Å². The molecule has 1 aliphatic carbocycles. The van der Waals surface area contributed by atoms with Gasteiger partial charge in [0.1, 0.15) is 5.54 Å². The van der Waals surface area contributed by atoms with Gasteiger partial charge in [-0.05, 0) is 19.4 Å². The number of hydrogen-bond acceptors (Lipinski definition) is 4. The number of carbonyl (C=O) groups is 3. The van der Waals surface area contributed by atoms with E-state index in [4.69, 9.17) is 5.73 Å². The van der Waals surface area contributed by atoms with Crippen LogP contribution >= 0.6 is 0 Å². The molecule has 6 heteroatoms. The molecule has 18 heavy (non-hydrogen) atoms. The molecule has 6 nitrogen and oxygen atoms in total. The highest BCUT2D eigenvalue weighted by Gasteiger charge is 2.72. The third-order valence-corrected chi connectivity index (χ3v) is 4.46. The first-order chi connectivity index (χ1) is 8.16. The van der Waals surface area contributed by atoms with Gasteiger partial charge in [0.25, 0.3) is 0 Å². The number of likely N-dealkylation sites (N-methyl/N-ethyl adjacent to an activating group) is 1. The Morgan fingerprint density at radius 3 is 2.17 bits per heavy atom. The van der Waals surface area contributed by atoms with Crippen LogP contribution in [0.15, 0.2) is 0 Å². The predicted molar refractivity (Wildman–Crippen MR) is 64.1 cm³/mol. The van der Waals surface area contributed by atoms with Gasteiger partial charge in [-0.15, -0.1) is 0 Å². The second-order valence-electron chi connectivity index (χ2n) is 5.99. The van der Waals surface area contributed by atoms with Crippen molar-refractivity contribution >= 4 is 17.7 Å². The van der Waals surface area contributed by atoms with Crippen molar-refractivity contribution in [1.29, 1.82) is 0 Å². The van der Waals surface area contributed by atoms with E-state index in [0.717, 1.165) is 0 Å². The van der Waals surface area contributed by atoms with Crippen LogP contribution in [0.2, 0.25) is 0 Å². The monoisotopic (exact) mass is 253 g/mol. The Morgan fingerprint density at radius 2 is 1.83 bits per heavy atom. The number of rotatable bonds is 4. The standard InChI is InChI=1S/C12H19N3O3/c1-11(2)6-7(11)9(17)15(8(6)16)5-12(3,14-4)10(13)18/h6-7,14H,5H2,1-4H3,(H2,13,18). The molecule has 3 amide bonds. The van der Waals surface area contributed by atoms with Crippen LogP contribution < -0.4 is 11.1 Å². The molecule has 0 spiro atoms. The lowest BCUT2D eigenvalue weighted by Gasteiger charge is -2.31. The molecule has 3 N–H and O–H groups in total. The first-order valence-corrected chi connectivity index (χ1v) is 6.01. The zero-order valence-corrected chi connectivity index (χ0v) is 11.1. The molecule has 2 fully saturated rings. The van der Waals surface area contributed by atoms with Crippen LogP contribution in [0, 0.1) is 17.3 Å². The summed E-state index contributed by atoms with van der Waals surface area (Å²) in [7, 11) is 1.58. The SMILES string of the molecule is CNC(C)(CN1C(=O)C2C(C1=O)C2(C)C)C(N)=O. The van der Waals surface area contributed by atoms with Gasteiger partial charge in [-0.3, -0.25) is 19.3 Å². The molecule has 0 aromatic rings. The van der Waals surface area contributed by atoms with E-state index < -0.39 is 11.4 Å². The number of primary amides is 1. The third-order valence-electron chi connectivity index (χ3n) is 4.46. The van der Waals surface area contributed by atoms with Crippen LogP contribution in [0.3, 0.4) is 0 Å². The highest BCUT2D eigenvalue weighted by molar-refractivity contribution is 6.10. The predicted octanol–water partition coefficient (Wildman–Crippen LogP) is -0.909. The van der Waals surface area contributed by atoms with Gasteiger partial charge in [-0.25, -0.2) is 0 Å². The molecular weight excluding hydrogens is 234 g/mol. The van der Waals surface area contributed by atoms with Crippen LogP contribution in [-0.2, 0) is 14.4 Å². The Hall–Kier alpha value is -1.43. The van der Waals surface area contributed by atoms with Crippen molar-refractivity contribution in [2.75, 3.05) is 13.6 Å². The van der Waals surface area contributed by atoms with Gasteiger partial charge in [0.2, 0.25) is 17.7 Å². The molecule has 0 aromatic carbocycles. The van der Waals surface area contributed by atoms with Gasteiger partial charge in [0, 0.05) is 0 Å². The van der Waals surface area contributed by atoms with Gasteiger partial charge in [-0.1, -0.05) is 13.8 Å². The first-order valence-electron chi connectivity index (χ1n) is 6.01. The molecule has 100 valence electrons. The zero-order chi connectivity index (χ0) is 13.9. The van der Waals surface area contributed by atoms with E-state index in [9.17, 15) is 14.4 Å². The fourth-order valence-corrected chi connectivity index (χ4v) is 2.76. The number of nitrogens with one attached hydrogen (secondary N) is 1. The molecule has 1 saturated carbocycles. The van der Waals surface area contributed by atoms with E-state index >= 15 is 0 Å². The van der Waals surface area contributed by atoms with Crippen molar-refractivity contribution in [3.8, 4) is 0 Å². The fraction of sp³-hybridized carbons (Fsp3) is 0.750. The Morgan fingerprint density at radius 1 is 1.39 bits per heavy atom. The maximum Gasteiger partial charge on any atom is 0.239 e. The van der Waals surface area contributed by atoms with Gasteiger partial charge in [0.15, 0.2) is 0 Å². The summed E-state index contributed by atoms with van der Waals surface area (Å²) in [4.78, 5) is 36.8. The lowest BCUT2D eigenvalue weighted by molar-refractivity contribution is -0.144. The molecule has 0 radical (unpaired) electrons. The van der Waals surface area contributed by atoms with Crippen LogP contribution in [-0.4, -0.2) is 41.8 Å². The number of fused-ring (bicyclic) bond motifs is 1. The first kappa shape index (κ1) is 13.0. The third kappa shape index (κ3) is 1.48. The van der Waals surface area contributed by atoms with Crippen molar-refractivity contribution in [2.45, 2.75) is 26.3 Å². The van der Waals surface area contributed by atoms with Gasteiger partial charge < -0.3 is 11.1 Å². The molecular formula is C12H19N3O3. The smallest absolute Gasteiger partial charge is 0.239 e. The summed E-state index contributed by atoms with van der Waals surface area (Å²) in [6.45, 7) is 5.42. The van der Waals surface area contributed by atoms with E-state index in [1.165, 1.54) is 4.90 Å². The molecule has 2 rings (SSSR count). The van der Waals surface area contributed by atoms with E-state index in [2.05, 4.69) is 5.32 Å². The number of amides is 3. The largest absolute Gasteiger partial charge is 0.368 e. The van der Waals surface area contributed by atoms with Crippen molar-refractivity contribution in [1.82, 2.24) is 10.2 Å². The van der Waals surface area contributed by atoms with Crippen molar-refractivity contribution in [3.63, 3.8) is 0 Å². The molecule has 3 unspecified atom stereocenters. The normalized spacial score (nSPS) is 32.1. The summed E-state index contributed by atoms with van der Waals surface area (Å²) in [5, 5.41) is 2.78. The zero-order valence-electron chi connectivity index (χ0n) is 11.1. The van der Waals surface area contributed by atoms with Gasteiger partial charge in [0.05, 0.1) is 18.4 Å².